The maximum Gasteiger partial charge on any atom is 0.452 e. The smallest absolute Gasteiger partial charge is 0.436 e. The Morgan fingerprint density at radius 3 is 2.40 bits per heavy atom. The minimum atomic E-state index is -4.94. The number of halogens is 7. The fourth-order valence-corrected chi connectivity index (χ4v) is 2.89. The van der Waals surface area contributed by atoms with E-state index in [4.69, 9.17) is 0 Å². The highest BCUT2D eigenvalue weighted by molar-refractivity contribution is 14.1. The number of amides is 1. The number of aryl methyl sites for hydroxylation is 2. The van der Waals surface area contributed by atoms with E-state index in [1.54, 1.807) is 0 Å². The second-order valence-electron chi connectivity index (χ2n) is 6.09. The van der Waals surface area contributed by atoms with Gasteiger partial charge in [0.2, 0.25) is 5.76 Å². The molecule has 6 nitrogen and oxygen atoms in total. The fraction of sp³-hybridized carbons (Fsp3) is 0.235. The summed E-state index contributed by atoms with van der Waals surface area (Å²) in [6.45, 7) is 1.14. The van der Waals surface area contributed by atoms with Gasteiger partial charge in [-0.05, 0) is 24.3 Å². The number of hydrogen-bond acceptors (Lipinski definition) is 4. The summed E-state index contributed by atoms with van der Waals surface area (Å²) in [4.78, 5) is 15.6. The first-order valence-electron chi connectivity index (χ1n) is 8.04. The standard InChI is InChI=1S/C17H11F6IN4O2/c1-7-25-13(14(30-7)16(19,20)21)15(29)26-8-3-4-9(10(18)5-8)11-6-12(17(22,23)24)27-28(11)2/h3-6H,1-2H3,(H,26,29). The lowest BCUT2D eigenvalue weighted by Crippen LogP contribution is -2.18. The zero-order valence-corrected chi connectivity index (χ0v) is 17.3. The molecule has 13 heteroatoms. The van der Waals surface area contributed by atoms with Gasteiger partial charge in [-0.1, -0.05) is 0 Å². The molecule has 0 fully saturated rings. The lowest BCUT2D eigenvalue weighted by atomic mass is 10.1. The fourth-order valence-electron chi connectivity index (χ4n) is 2.62. The highest BCUT2D eigenvalue weighted by atomic mass is 127. The Bertz CT molecular complexity index is 1120. The summed E-state index contributed by atoms with van der Waals surface area (Å²) in [5.74, 6) is -4.10. The maximum absolute atomic E-state index is 14.6. The van der Waals surface area contributed by atoms with Crippen LogP contribution < -0.4 is 5.32 Å². The topological polar surface area (TPSA) is 73.0 Å². The van der Waals surface area contributed by atoms with Gasteiger partial charge in [-0.15, -0.1) is 0 Å². The monoisotopic (exact) mass is 544 g/mol. The molecule has 160 valence electrons. The van der Waals surface area contributed by atoms with Gasteiger partial charge >= 0.3 is 10.1 Å². The average molecular weight is 544 g/mol. The van der Waals surface area contributed by atoms with Crippen LogP contribution in [0.2, 0.25) is 0 Å². The molecule has 0 atom stereocenters. The van der Waals surface area contributed by atoms with Gasteiger partial charge in [0.05, 0.1) is 5.69 Å². The Labute approximate surface area is 178 Å². The van der Waals surface area contributed by atoms with Gasteiger partial charge in [-0.2, -0.15) is 27.1 Å². The van der Waals surface area contributed by atoms with Crippen LogP contribution >= 0.6 is 22.6 Å². The van der Waals surface area contributed by atoms with E-state index in [1.165, 1.54) is 19.2 Å². The first-order chi connectivity index (χ1) is 13.8. The van der Waals surface area contributed by atoms with Crippen LogP contribution in [-0.2, 0) is 17.2 Å². The molecule has 2 aromatic heterocycles. The SMILES string of the molecule is Cc1nc(C(=O)Nc2ccc(-c3cc(C(F)(F)I)nn3C)c(F)c2)c(C(F)(F)F)o1. The van der Waals surface area contributed by atoms with Crippen LogP contribution in [0.25, 0.3) is 11.3 Å². The maximum atomic E-state index is 14.6. The van der Waals surface area contributed by atoms with Crippen molar-refractivity contribution < 1.29 is 35.6 Å². The molecule has 0 saturated carbocycles. The number of rotatable bonds is 4. The Kier molecular flexibility index (Phi) is 5.60. The van der Waals surface area contributed by atoms with Crippen molar-refractivity contribution in [2.45, 2.75) is 17.0 Å². The number of benzene rings is 1. The van der Waals surface area contributed by atoms with E-state index >= 15 is 0 Å². The van der Waals surface area contributed by atoms with E-state index in [0.29, 0.717) is 0 Å². The van der Waals surface area contributed by atoms with Gasteiger partial charge in [0.1, 0.15) is 11.5 Å². The Hall–Kier alpha value is -2.58. The van der Waals surface area contributed by atoms with Crippen LogP contribution in [0, 0.1) is 12.7 Å². The van der Waals surface area contributed by atoms with Crippen LogP contribution in [0.1, 0.15) is 27.8 Å². The normalized spacial score (nSPS) is 12.3. The Morgan fingerprint density at radius 1 is 1.20 bits per heavy atom. The number of anilines is 1. The van der Waals surface area contributed by atoms with Gasteiger partial charge in [0.15, 0.2) is 11.6 Å². The molecule has 1 N–H and O–H groups in total. The van der Waals surface area contributed by atoms with Crippen LogP contribution in [0.15, 0.2) is 28.7 Å². The van der Waals surface area contributed by atoms with Crippen molar-refractivity contribution >= 4 is 34.2 Å². The molecule has 0 aliphatic heterocycles. The van der Waals surface area contributed by atoms with Crippen molar-refractivity contribution in [1.82, 2.24) is 14.8 Å². The second kappa shape index (κ2) is 7.59. The molecule has 0 radical (unpaired) electrons. The molecule has 3 rings (SSSR count). The Morgan fingerprint density at radius 2 is 1.87 bits per heavy atom. The van der Waals surface area contributed by atoms with E-state index in [9.17, 15) is 31.1 Å². The molecular weight excluding hydrogens is 533 g/mol. The number of nitrogens with zero attached hydrogens (tertiary/aromatic N) is 3. The van der Waals surface area contributed by atoms with Crippen molar-refractivity contribution in [3.05, 3.63) is 53.1 Å². The summed E-state index contributed by atoms with van der Waals surface area (Å²) in [6.07, 6.45) is -4.94. The lowest BCUT2D eigenvalue weighted by molar-refractivity contribution is -0.153. The van der Waals surface area contributed by atoms with E-state index in [0.717, 1.165) is 46.3 Å². The average Bonchev–Trinajstić information content (AvgIpc) is 3.18. The van der Waals surface area contributed by atoms with Crippen LogP contribution in [0.3, 0.4) is 0 Å². The van der Waals surface area contributed by atoms with Crippen molar-refractivity contribution in [2.24, 2.45) is 7.05 Å². The number of aromatic nitrogens is 3. The predicted molar refractivity (Wildman–Crippen MR) is 101 cm³/mol. The zero-order valence-electron chi connectivity index (χ0n) is 15.1. The molecule has 30 heavy (non-hydrogen) atoms. The van der Waals surface area contributed by atoms with E-state index in [-0.39, 0.29) is 22.8 Å². The molecule has 0 bridgehead atoms. The highest BCUT2D eigenvalue weighted by Crippen LogP contribution is 2.37. The van der Waals surface area contributed by atoms with Gasteiger partial charge in [-0.25, -0.2) is 9.37 Å². The molecule has 1 amide bonds. The van der Waals surface area contributed by atoms with Gasteiger partial charge in [-0.3, -0.25) is 9.48 Å². The minimum Gasteiger partial charge on any atom is -0.436 e. The third kappa shape index (κ3) is 4.44. The first-order valence-corrected chi connectivity index (χ1v) is 9.12. The van der Waals surface area contributed by atoms with Crippen molar-refractivity contribution in [3.8, 4) is 11.3 Å². The number of oxazole rings is 1. The summed E-state index contributed by atoms with van der Waals surface area (Å²) in [7, 11) is 1.35. The molecule has 0 spiro atoms. The predicted octanol–water partition coefficient (Wildman–Crippen LogP) is 5.28. The summed E-state index contributed by atoms with van der Waals surface area (Å²) < 4.78 is 82.5. The lowest BCUT2D eigenvalue weighted by Gasteiger charge is -2.09. The molecule has 0 aliphatic rings. The van der Waals surface area contributed by atoms with E-state index < -0.39 is 39.0 Å². The summed E-state index contributed by atoms with van der Waals surface area (Å²) in [5, 5.41) is 5.74. The molecule has 0 unspecified atom stereocenters. The number of carbonyl (C=O) groups excluding carboxylic acids is 1. The summed E-state index contributed by atoms with van der Waals surface area (Å²) >= 11 is 0.890. The molecular formula is C17H11F6IN4O2. The minimum absolute atomic E-state index is 0.0446. The third-order valence-corrected chi connectivity index (χ3v) is 4.43. The number of nitrogens with one attached hydrogen (secondary N) is 1. The van der Waals surface area contributed by atoms with Crippen molar-refractivity contribution in [1.29, 1.82) is 0 Å². The van der Waals surface area contributed by atoms with Crippen molar-refractivity contribution in [3.63, 3.8) is 0 Å². The van der Waals surface area contributed by atoms with Crippen LogP contribution in [0.5, 0.6) is 0 Å². The van der Waals surface area contributed by atoms with Crippen LogP contribution in [0.4, 0.5) is 32.0 Å². The first kappa shape index (κ1) is 22.1. The highest BCUT2D eigenvalue weighted by Gasteiger charge is 2.41. The summed E-state index contributed by atoms with van der Waals surface area (Å²) in [5.41, 5.74) is -1.79. The van der Waals surface area contributed by atoms with Gasteiger partial charge < -0.3 is 9.73 Å². The molecule has 0 aliphatic carbocycles. The zero-order chi connectivity index (χ0) is 22.4. The molecule has 0 saturated heterocycles. The van der Waals surface area contributed by atoms with Gasteiger partial charge in [0, 0.05) is 47.8 Å². The molecule has 2 heterocycles. The second-order valence-corrected chi connectivity index (χ2v) is 7.45. The van der Waals surface area contributed by atoms with Crippen molar-refractivity contribution in [2.75, 3.05) is 5.32 Å². The molecule has 1 aromatic carbocycles. The summed E-state index contributed by atoms with van der Waals surface area (Å²) in [6, 6.07) is 4.22. The quantitative estimate of drug-likeness (QED) is 0.276. The third-order valence-electron chi connectivity index (χ3n) is 3.88. The number of alkyl halides is 6. The number of hydrogen-bond donors (Lipinski definition) is 1. The van der Waals surface area contributed by atoms with E-state index in [1.807, 2.05) is 0 Å². The number of carbonyl (C=O) groups is 1. The largest absolute Gasteiger partial charge is 0.452 e. The Balaban J connectivity index is 1.89. The van der Waals surface area contributed by atoms with Gasteiger partial charge in [0.25, 0.3) is 5.91 Å². The van der Waals surface area contributed by atoms with E-state index in [2.05, 4.69) is 19.8 Å². The van der Waals surface area contributed by atoms with Crippen LogP contribution in [-0.4, -0.2) is 20.7 Å². The molecule has 3 aromatic rings.